The molecule has 0 unspecified atom stereocenters. The number of para-hydroxylation sites is 1. The Balaban J connectivity index is 1.59. The first-order chi connectivity index (χ1) is 20.5. The lowest BCUT2D eigenvalue weighted by atomic mass is 9.63. The normalized spacial score (nSPS) is 23.9. The molecule has 0 aromatic heterocycles. The highest BCUT2D eigenvalue weighted by Crippen LogP contribution is 2.59. The van der Waals surface area contributed by atoms with E-state index in [4.69, 9.17) is 0 Å². The summed E-state index contributed by atoms with van der Waals surface area (Å²) in [5.74, 6) is -1.35. The number of aryl methyl sites for hydroxylation is 2. The maximum Gasteiger partial charge on any atom is 0.238 e. The van der Waals surface area contributed by atoms with Crippen molar-refractivity contribution in [2.75, 3.05) is 10.2 Å². The third-order valence-corrected chi connectivity index (χ3v) is 9.73. The topological polar surface area (TPSA) is 66.5 Å². The molecule has 0 aliphatic carbocycles. The average Bonchev–Trinajstić information content (AvgIpc) is 3.44. The lowest BCUT2D eigenvalue weighted by Gasteiger charge is -2.40. The maximum absolute atomic E-state index is 15.0. The fourth-order valence-electron chi connectivity index (χ4n) is 7.58. The molecule has 222 valence electrons. The molecule has 3 heterocycles. The van der Waals surface area contributed by atoms with Crippen LogP contribution in [0.1, 0.15) is 86.5 Å². The van der Waals surface area contributed by atoms with Gasteiger partial charge < -0.3 is 10.2 Å². The molecule has 5 nitrogen and oxygen atoms in total. The zero-order valence-electron chi connectivity index (χ0n) is 26.2. The van der Waals surface area contributed by atoms with Crippen molar-refractivity contribution >= 4 is 34.4 Å². The van der Waals surface area contributed by atoms with Gasteiger partial charge in [0.05, 0.1) is 12.0 Å². The van der Waals surface area contributed by atoms with E-state index in [1.807, 2.05) is 69.3 Å². The highest BCUT2D eigenvalue weighted by molar-refractivity contribution is 6.17. The number of anilines is 2. The molecular formula is C38H42N2O3. The predicted octanol–water partition coefficient (Wildman–Crippen LogP) is 7.71. The molecule has 1 fully saturated rings. The minimum atomic E-state index is -1.27. The van der Waals surface area contributed by atoms with Crippen LogP contribution in [0, 0.1) is 18.3 Å². The number of carbonyl (C=O) groups is 3. The molecular weight excluding hydrogens is 532 g/mol. The molecule has 1 saturated heterocycles. The number of nitrogens with one attached hydrogen (secondary N) is 1. The number of ketones is 2. The van der Waals surface area contributed by atoms with Crippen molar-refractivity contribution in [1.29, 1.82) is 0 Å². The van der Waals surface area contributed by atoms with E-state index in [9.17, 15) is 14.4 Å². The quantitative estimate of drug-likeness (QED) is 0.232. The summed E-state index contributed by atoms with van der Waals surface area (Å²) in [6.07, 6.45) is 6.52. The van der Waals surface area contributed by atoms with E-state index >= 15 is 0 Å². The van der Waals surface area contributed by atoms with E-state index < -0.39 is 28.8 Å². The van der Waals surface area contributed by atoms with Gasteiger partial charge in [0, 0.05) is 27.9 Å². The molecule has 3 aromatic carbocycles. The number of hydrogen-bond acceptors (Lipinski definition) is 4. The predicted molar refractivity (Wildman–Crippen MR) is 174 cm³/mol. The van der Waals surface area contributed by atoms with Gasteiger partial charge in [0.2, 0.25) is 5.91 Å². The van der Waals surface area contributed by atoms with E-state index in [1.54, 1.807) is 0 Å². The summed E-state index contributed by atoms with van der Waals surface area (Å²) in [4.78, 5) is 46.3. The number of benzene rings is 3. The number of unbranched alkanes of at least 4 members (excludes halogenated alkanes) is 2. The Bertz CT molecular complexity index is 1640. The van der Waals surface area contributed by atoms with Crippen LogP contribution in [-0.2, 0) is 21.4 Å². The number of rotatable bonds is 7. The first kappa shape index (κ1) is 29.1. The van der Waals surface area contributed by atoms with Gasteiger partial charge >= 0.3 is 0 Å². The number of nitrogens with zero attached hydrogens (tertiary/aromatic N) is 1. The molecule has 3 aliphatic rings. The van der Waals surface area contributed by atoms with Crippen molar-refractivity contribution in [3.8, 4) is 0 Å². The molecule has 4 atom stereocenters. The van der Waals surface area contributed by atoms with Crippen molar-refractivity contribution in [3.05, 3.63) is 101 Å². The molecule has 0 saturated carbocycles. The Morgan fingerprint density at radius 1 is 0.953 bits per heavy atom. The van der Waals surface area contributed by atoms with Crippen LogP contribution < -0.4 is 10.2 Å². The fourth-order valence-corrected chi connectivity index (χ4v) is 7.58. The minimum absolute atomic E-state index is 0.0411. The molecule has 43 heavy (non-hydrogen) atoms. The van der Waals surface area contributed by atoms with Gasteiger partial charge in [-0.1, -0.05) is 101 Å². The average molecular weight is 575 g/mol. The molecule has 3 aliphatic heterocycles. The Labute approximate surface area is 255 Å². The largest absolute Gasteiger partial charge is 0.352 e. The monoisotopic (exact) mass is 574 g/mol. The van der Waals surface area contributed by atoms with Crippen LogP contribution in [-0.4, -0.2) is 29.6 Å². The standard InChI is InChI=1S/C38H42N2O3/c1-7-8-9-12-25-16-18-26(19-17-25)34(41)32-33(35(42)37(4,5)6)40-30-20-15-23(2)21-27(30)24(3)22-31(40)38(32)28-13-10-11-14-29(28)39-36(38)43/h10-11,13-22,31-33H,7-9,12H2,1-6H3,(H,39,43)/t31-,32+,33+,38+/m1/s1. The maximum atomic E-state index is 15.0. The van der Waals surface area contributed by atoms with Gasteiger partial charge in [0.15, 0.2) is 11.6 Å². The summed E-state index contributed by atoms with van der Waals surface area (Å²) in [6, 6.07) is 20.4. The van der Waals surface area contributed by atoms with E-state index in [2.05, 4.69) is 55.3 Å². The van der Waals surface area contributed by atoms with E-state index in [-0.39, 0.29) is 17.5 Å². The van der Waals surface area contributed by atoms with Crippen molar-refractivity contribution in [3.63, 3.8) is 0 Å². The molecule has 1 spiro atoms. The molecule has 1 N–H and O–H groups in total. The second-order valence-corrected chi connectivity index (χ2v) is 13.6. The Morgan fingerprint density at radius 2 is 1.67 bits per heavy atom. The number of carbonyl (C=O) groups excluding carboxylic acids is 3. The Morgan fingerprint density at radius 3 is 2.37 bits per heavy atom. The molecule has 3 aromatic rings. The van der Waals surface area contributed by atoms with Crippen molar-refractivity contribution in [2.45, 2.75) is 84.7 Å². The van der Waals surface area contributed by atoms with Gasteiger partial charge in [-0.2, -0.15) is 0 Å². The molecule has 0 radical (unpaired) electrons. The zero-order valence-corrected chi connectivity index (χ0v) is 26.2. The summed E-state index contributed by atoms with van der Waals surface area (Å²) >= 11 is 0. The zero-order chi connectivity index (χ0) is 30.7. The molecule has 5 heteroatoms. The highest BCUT2D eigenvalue weighted by atomic mass is 16.2. The SMILES string of the molecule is CCCCCc1ccc(C(=O)[C@@H]2[C@@H](C(=O)C(C)(C)C)N3c4ccc(C)cc4C(C)=C[C@@H]3[C@]23C(=O)Nc2ccccc23)cc1. The van der Waals surface area contributed by atoms with E-state index in [1.165, 1.54) is 12.0 Å². The van der Waals surface area contributed by atoms with Crippen LogP contribution in [0.2, 0.25) is 0 Å². The van der Waals surface area contributed by atoms with Gasteiger partial charge in [-0.25, -0.2) is 0 Å². The second kappa shape index (κ2) is 10.6. The van der Waals surface area contributed by atoms with Crippen LogP contribution in [0.25, 0.3) is 5.57 Å². The van der Waals surface area contributed by atoms with Gasteiger partial charge in [0.1, 0.15) is 11.5 Å². The smallest absolute Gasteiger partial charge is 0.238 e. The lowest BCUT2D eigenvalue weighted by molar-refractivity contribution is -0.128. The summed E-state index contributed by atoms with van der Waals surface area (Å²) in [5.41, 5.74) is 5.31. The van der Waals surface area contributed by atoms with Crippen LogP contribution in [0.3, 0.4) is 0 Å². The number of amides is 1. The second-order valence-electron chi connectivity index (χ2n) is 13.6. The van der Waals surface area contributed by atoms with Crippen molar-refractivity contribution in [1.82, 2.24) is 0 Å². The van der Waals surface area contributed by atoms with Crippen molar-refractivity contribution in [2.24, 2.45) is 11.3 Å². The Hall–Kier alpha value is -3.99. The first-order valence-corrected chi connectivity index (χ1v) is 15.7. The number of allylic oxidation sites excluding steroid dienone is 1. The number of Topliss-reactive ketones (excluding diaryl/α,β-unsaturated/α-hetero) is 2. The first-order valence-electron chi connectivity index (χ1n) is 15.7. The number of hydrogen-bond donors (Lipinski definition) is 1. The van der Waals surface area contributed by atoms with Gasteiger partial charge in [-0.05, 0) is 61.6 Å². The molecule has 1 amide bonds. The van der Waals surface area contributed by atoms with Crippen LogP contribution >= 0.6 is 0 Å². The van der Waals surface area contributed by atoms with E-state index in [0.29, 0.717) is 11.3 Å². The fraction of sp³-hybridized carbons (Fsp3) is 0.395. The summed E-state index contributed by atoms with van der Waals surface area (Å²) < 4.78 is 0. The highest BCUT2D eigenvalue weighted by Gasteiger charge is 2.71. The minimum Gasteiger partial charge on any atom is -0.352 e. The molecule has 6 rings (SSSR count). The third kappa shape index (κ3) is 4.47. The third-order valence-electron chi connectivity index (χ3n) is 9.73. The number of fused-ring (bicyclic) bond motifs is 6. The van der Waals surface area contributed by atoms with E-state index in [0.717, 1.165) is 47.2 Å². The molecule has 0 bridgehead atoms. The van der Waals surface area contributed by atoms with Crippen molar-refractivity contribution < 1.29 is 14.4 Å². The summed E-state index contributed by atoms with van der Waals surface area (Å²) in [7, 11) is 0. The summed E-state index contributed by atoms with van der Waals surface area (Å²) in [5, 5.41) is 3.13. The van der Waals surface area contributed by atoms with Gasteiger partial charge in [0.25, 0.3) is 0 Å². The van der Waals surface area contributed by atoms with Crippen LogP contribution in [0.4, 0.5) is 11.4 Å². The summed E-state index contributed by atoms with van der Waals surface area (Å²) in [6.45, 7) is 12.0. The lowest BCUT2D eigenvalue weighted by Crippen LogP contribution is -2.51. The van der Waals surface area contributed by atoms with Crippen LogP contribution in [0.15, 0.2) is 72.8 Å². The van der Waals surface area contributed by atoms with Crippen LogP contribution in [0.5, 0.6) is 0 Å². The van der Waals surface area contributed by atoms with Gasteiger partial charge in [-0.3, -0.25) is 14.4 Å². The Kier molecular flexibility index (Phi) is 7.19. The van der Waals surface area contributed by atoms with Gasteiger partial charge in [-0.15, -0.1) is 0 Å².